The predicted molar refractivity (Wildman–Crippen MR) is 81.2 cm³/mol. The number of likely N-dealkylation sites (tertiary alicyclic amines) is 1. The predicted octanol–water partition coefficient (Wildman–Crippen LogP) is 3.62. The van der Waals surface area contributed by atoms with Crippen molar-refractivity contribution in [3.05, 3.63) is 52.4 Å². The summed E-state index contributed by atoms with van der Waals surface area (Å²) in [5, 5.41) is 13.9. The number of hydrogen-bond donors (Lipinski definition) is 1. The molecule has 24 heavy (non-hydrogen) atoms. The van der Waals surface area contributed by atoms with Gasteiger partial charge >= 0.3 is 6.18 Å². The molecule has 1 N–H and O–H groups in total. The summed E-state index contributed by atoms with van der Waals surface area (Å²) in [6.45, 7) is 4.53. The Labute approximate surface area is 137 Å². The average Bonchev–Trinajstić information content (AvgIpc) is 3.04. The van der Waals surface area contributed by atoms with Gasteiger partial charge in [-0.25, -0.2) is 0 Å². The third kappa shape index (κ3) is 3.32. The minimum atomic E-state index is -4.38. The Kier molecular flexibility index (Phi) is 4.40. The maximum Gasteiger partial charge on any atom is 0.416 e. The molecule has 1 aliphatic heterocycles. The van der Waals surface area contributed by atoms with Gasteiger partial charge in [-0.3, -0.25) is 4.90 Å². The van der Waals surface area contributed by atoms with Gasteiger partial charge in [0.05, 0.1) is 17.4 Å². The highest BCUT2D eigenvalue weighted by Gasteiger charge is 2.35. The van der Waals surface area contributed by atoms with Crippen LogP contribution in [0.2, 0.25) is 0 Å². The van der Waals surface area contributed by atoms with E-state index in [9.17, 15) is 18.3 Å². The SMILES string of the molecule is Cc1noc(C)c1CN1C[C@H](O)C[C@@H]1c1cccc(C(F)(F)F)c1. The van der Waals surface area contributed by atoms with Crippen molar-refractivity contribution in [3.8, 4) is 0 Å². The first-order valence-corrected chi connectivity index (χ1v) is 7.76. The van der Waals surface area contributed by atoms with Gasteiger partial charge in [-0.05, 0) is 38.0 Å². The Morgan fingerprint density at radius 1 is 1.33 bits per heavy atom. The number of nitrogens with zero attached hydrogens (tertiary/aromatic N) is 2. The third-order valence-electron chi connectivity index (χ3n) is 4.52. The van der Waals surface area contributed by atoms with Crippen molar-refractivity contribution in [1.29, 1.82) is 0 Å². The quantitative estimate of drug-likeness (QED) is 0.927. The van der Waals surface area contributed by atoms with Crippen molar-refractivity contribution in [2.75, 3.05) is 6.54 Å². The van der Waals surface area contributed by atoms with E-state index in [0.717, 1.165) is 17.3 Å². The number of halogens is 3. The zero-order chi connectivity index (χ0) is 17.5. The molecule has 2 heterocycles. The zero-order valence-electron chi connectivity index (χ0n) is 13.5. The lowest BCUT2D eigenvalue weighted by atomic mass is 10.0. The summed E-state index contributed by atoms with van der Waals surface area (Å²) < 4.78 is 44.0. The Morgan fingerprint density at radius 3 is 2.71 bits per heavy atom. The van der Waals surface area contributed by atoms with Crippen LogP contribution >= 0.6 is 0 Å². The van der Waals surface area contributed by atoms with Crippen LogP contribution in [0.4, 0.5) is 13.2 Å². The van der Waals surface area contributed by atoms with Gasteiger partial charge < -0.3 is 9.63 Å². The second kappa shape index (κ2) is 6.22. The average molecular weight is 340 g/mol. The first-order chi connectivity index (χ1) is 11.3. The van der Waals surface area contributed by atoms with Crippen LogP contribution in [0, 0.1) is 13.8 Å². The Hall–Kier alpha value is -1.86. The summed E-state index contributed by atoms with van der Waals surface area (Å²) in [6, 6.07) is 5.06. The van der Waals surface area contributed by atoms with Gasteiger partial charge in [0.25, 0.3) is 0 Å². The number of β-amino-alcohol motifs (C(OH)–C–C–N with tert-alkyl or cyclic N) is 1. The van der Waals surface area contributed by atoms with Gasteiger partial charge in [0.15, 0.2) is 0 Å². The molecule has 1 fully saturated rings. The fraction of sp³-hybridized carbons (Fsp3) is 0.471. The molecule has 0 amide bonds. The molecular formula is C17H19F3N2O2. The highest BCUT2D eigenvalue weighted by Crippen LogP contribution is 2.37. The fourth-order valence-corrected chi connectivity index (χ4v) is 3.25. The molecule has 2 aromatic rings. The topological polar surface area (TPSA) is 49.5 Å². The molecule has 1 aliphatic rings. The molecule has 130 valence electrons. The van der Waals surface area contributed by atoms with Crippen LogP contribution in [0.15, 0.2) is 28.8 Å². The van der Waals surface area contributed by atoms with Crippen molar-refractivity contribution >= 4 is 0 Å². The first-order valence-electron chi connectivity index (χ1n) is 7.76. The second-order valence-corrected chi connectivity index (χ2v) is 6.26. The first kappa shape index (κ1) is 17.0. The summed E-state index contributed by atoms with van der Waals surface area (Å²) in [6.07, 6.45) is -4.53. The van der Waals surface area contributed by atoms with Gasteiger partial charge in [-0.2, -0.15) is 13.2 Å². The molecule has 7 heteroatoms. The minimum Gasteiger partial charge on any atom is -0.392 e. The van der Waals surface area contributed by atoms with Gasteiger partial charge in [0, 0.05) is 24.7 Å². The third-order valence-corrected chi connectivity index (χ3v) is 4.52. The molecule has 0 bridgehead atoms. The van der Waals surface area contributed by atoms with Crippen LogP contribution in [-0.4, -0.2) is 27.8 Å². The highest BCUT2D eigenvalue weighted by molar-refractivity contribution is 5.29. The van der Waals surface area contributed by atoms with E-state index in [4.69, 9.17) is 4.52 Å². The molecule has 0 saturated carbocycles. The van der Waals surface area contributed by atoms with Crippen molar-refractivity contribution in [1.82, 2.24) is 10.1 Å². The number of aromatic nitrogens is 1. The number of alkyl halides is 3. The molecule has 1 aromatic heterocycles. The lowest BCUT2D eigenvalue weighted by molar-refractivity contribution is -0.137. The van der Waals surface area contributed by atoms with Crippen molar-refractivity contribution < 1.29 is 22.8 Å². The second-order valence-electron chi connectivity index (χ2n) is 6.26. The van der Waals surface area contributed by atoms with Gasteiger partial charge in [-0.15, -0.1) is 0 Å². The molecule has 2 atom stereocenters. The maximum absolute atomic E-state index is 13.0. The van der Waals surface area contributed by atoms with Gasteiger partial charge in [0.1, 0.15) is 5.76 Å². The van der Waals surface area contributed by atoms with Gasteiger partial charge in [0.2, 0.25) is 0 Å². The Balaban J connectivity index is 1.88. The van der Waals surface area contributed by atoms with Crippen LogP contribution in [0.3, 0.4) is 0 Å². The number of aliphatic hydroxyl groups is 1. The lowest BCUT2D eigenvalue weighted by Crippen LogP contribution is -2.25. The molecule has 0 unspecified atom stereocenters. The monoisotopic (exact) mass is 340 g/mol. The summed E-state index contributed by atoms with van der Waals surface area (Å²) in [7, 11) is 0. The highest BCUT2D eigenvalue weighted by atomic mass is 19.4. The van der Waals surface area contributed by atoms with Crippen molar-refractivity contribution in [2.24, 2.45) is 0 Å². The minimum absolute atomic E-state index is 0.268. The van der Waals surface area contributed by atoms with E-state index in [0.29, 0.717) is 30.8 Å². The number of hydrogen-bond acceptors (Lipinski definition) is 4. The van der Waals surface area contributed by atoms with E-state index in [2.05, 4.69) is 5.16 Å². The molecule has 1 saturated heterocycles. The van der Waals surface area contributed by atoms with E-state index in [-0.39, 0.29) is 6.04 Å². The summed E-state index contributed by atoms with van der Waals surface area (Å²) >= 11 is 0. The number of benzene rings is 1. The Morgan fingerprint density at radius 2 is 2.08 bits per heavy atom. The van der Waals surface area contributed by atoms with Crippen LogP contribution in [0.5, 0.6) is 0 Å². The Bertz CT molecular complexity index is 707. The van der Waals surface area contributed by atoms with E-state index in [1.54, 1.807) is 13.0 Å². The van der Waals surface area contributed by atoms with Crippen molar-refractivity contribution in [2.45, 2.75) is 45.1 Å². The zero-order valence-corrected chi connectivity index (χ0v) is 13.5. The van der Waals surface area contributed by atoms with Crippen LogP contribution in [0.1, 0.15) is 40.6 Å². The largest absolute Gasteiger partial charge is 0.416 e. The van der Waals surface area contributed by atoms with Gasteiger partial charge in [-0.1, -0.05) is 17.3 Å². The van der Waals surface area contributed by atoms with Crippen LogP contribution < -0.4 is 0 Å². The molecule has 3 rings (SSSR count). The fourth-order valence-electron chi connectivity index (χ4n) is 3.25. The summed E-state index contributed by atoms with van der Waals surface area (Å²) in [4.78, 5) is 1.98. The molecular weight excluding hydrogens is 321 g/mol. The number of aryl methyl sites for hydroxylation is 2. The van der Waals surface area contributed by atoms with Crippen LogP contribution in [0.25, 0.3) is 0 Å². The van der Waals surface area contributed by atoms with Crippen LogP contribution in [-0.2, 0) is 12.7 Å². The molecule has 0 spiro atoms. The summed E-state index contributed by atoms with van der Waals surface area (Å²) in [5.41, 5.74) is 1.57. The van der Waals surface area contributed by atoms with E-state index < -0.39 is 17.8 Å². The lowest BCUT2D eigenvalue weighted by Gasteiger charge is -2.25. The normalized spacial score (nSPS) is 22.2. The number of aliphatic hydroxyl groups excluding tert-OH is 1. The molecule has 0 aliphatic carbocycles. The summed E-state index contributed by atoms with van der Waals surface area (Å²) in [5.74, 6) is 0.691. The molecule has 0 radical (unpaired) electrons. The van der Waals surface area contributed by atoms with E-state index in [1.165, 1.54) is 12.1 Å². The maximum atomic E-state index is 13.0. The molecule has 1 aromatic carbocycles. The van der Waals surface area contributed by atoms with Crippen molar-refractivity contribution in [3.63, 3.8) is 0 Å². The van der Waals surface area contributed by atoms with E-state index in [1.807, 2.05) is 11.8 Å². The van der Waals surface area contributed by atoms with E-state index >= 15 is 0 Å². The number of rotatable bonds is 3. The molecule has 4 nitrogen and oxygen atoms in total. The smallest absolute Gasteiger partial charge is 0.392 e. The standard InChI is InChI=1S/C17H19F3N2O2/c1-10-15(11(2)24-21-10)9-22-8-14(23)7-16(22)12-4-3-5-13(6-12)17(18,19)20/h3-6,14,16,23H,7-9H2,1-2H3/t14-,16-/m1/s1.